The van der Waals surface area contributed by atoms with Crippen LogP contribution in [0.2, 0.25) is 0 Å². The van der Waals surface area contributed by atoms with Crippen LogP contribution in [-0.4, -0.2) is 13.2 Å². The van der Waals surface area contributed by atoms with Crippen molar-refractivity contribution in [2.75, 3.05) is 13.2 Å². The average molecular weight is 518 g/mol. The van der Waals surface area contributed by atoms with Crippen LogP contribution in [0.25, 0.3) is 11.1 Å². The monoisotopic (exact) mass is 518 g/mol. The fraction of sp³-hybridized carbons (Fsp3) is 0.280. The lowest BCUT2D eigenvalue weighted by atomic mass is 10.0. The summed E-state index contributed by atoms with van der Waals surface area (Å²) in [5, 5.41) is 0. The Hall–Kier alpha value is -3.18. The molecule has 36 heavy (non-hydrogen) atoms. The first-order valence-corrected chi connectivity index (χ1v) is 10.7. The number of halogens is 8. The van der Waals surface area contributed by atoms with Gasteiger partial charge in [0.25, 0.3) is 0 Å². The highest BCUT2D eigenvalue weighted by Gasteiger charge is 2.38. The summed E-state index contributed by atoms with van der Waals surface area (Å²) in [6.45, 7) is 2.50. The minimum Gasteiger partial charge on any atom is -0.423 e. The maximum absolute atomic E-state index is 14.7. The lowest BCUT2D eigenvalue weighted by Gasteiger charge is -2.29. The Labute approximate surface area is 200 Å². The molecule has 1 aliphatic heterocycles. The molecule has 0 spiro atoms. The second-order valence-corrected chi connectivity index (χ2v) is 8.15. The molecule has 192 valence electrons. The van der Waals surface area contributed by atoms with Crippen LogP contribution in [0.4, 0.5) is 35.1 Å². The summed E-state index contributed by atoms with van der Waals surface area (Å²) in [6.07, 6.45) is -4.72. The highest BCUT2D eigenvalue weighted by Crippen LogP contribution is 2.38. The smallest absolute Gasteiger partial charge is 0.423 e. The zero-order chi connectivity index (χ0) is 26.2. The predicted octanol–water partition coefficient (Wildman–Crippen LogP) is 7.39. The van der Waals surface area contributed by atoms with Gasteiger partial charge in [0.1, 0.15) is 5.82 Å². The van der Waals surface area contributed by atoms with E-state index in [0.29, 0.717) is 31.4 Å². The molecule has 0 saturated carbocycles. The largest absolute Gasteiger partial charge is 0.427 e. The van der Waals surface area contributed by atoms with E-state index in [0.717, 1.165) is 24.6 Å². The summed E-state index contributed by atoms with van der Waals surface area (Å²) < 4.78 is 128. The molecule has 0 aromatic heterocycles. The van der Waals surface area contributed by atoms with Gasteiger partial charge >= 0.3 is 6.11 Å². The molecule has 1 aliphatic rings. The topological polar surface area (TPSA) is 27.7 Å². The van der Waals surface area contributed by atoms with Gasteiger partial charge in [-0.1, -0.05) is 13.0 Å². The van der Waals surface area contributed by atoms with Crippen molar-refractivity contribution >= 4 is 0 Å². The fourth-order valence-corrected chi connectivity index (χ4v) is 3.61. The van der Waals surface area contributed by atoms with Crippen LogP contribution in [0.3, 0.4) is 0 Å². The first-order valence-electron chi connectivity index (χ1n) is 10.7. The van der Waals surface area contributed by atoms with Crippen molar-refractivity contribution in [1.82, 2.24) is 0 Å². The summed E-state index contributed by atoms with van der Waals surface area (Å²) in [7, 11) is 0. The molecule has 0 aliphatic carbocycles. The van der Waals surface area contributed by atoms with Crippen LogP contribution < -0.4 is 4.74 Å². The van der Waals surface area contributed by atoms with Crippen LogP contribution in [-0.2, 0) is 15.6 Å². The number of benzene rings is 3. The number of alkyl halides is 2. The normalized spacial score (nSPS) is 18.4. The Morgan fingerprint density at radius 1 is 0.806 bits per heavy atom. The van der Waals surface area contributed by atoms with E-state index in [9.17, 15) is 35.1 Å². The first kappa shape index (κ1) is 25.9. The zero-order valence-corrected chi connectivity index (χ0v) is 18.6. The van der Waals surface area contributed by atoms with Crippen molar-refractivity contribution in [1.29, 1.82) is 0 Å². The second-order valence-electron chi connectivity index (χ2n) is 8.15. The van der Waals surface area contributed by atoms with Gasteiger partial charge in [0, 0.05) is 17.0 Å². The Bertz CT molecular complexity index is 1230. The number of hydrogen-bond donors (Lipinski definition) is 0. The van der Waals surface area contributed by atoms with Gasteiger partial charge in [0.15, 0.2) is 41.1 Å². The van der Waals surface area contributed by atoms with E-state index >= 15 is 0 Å². The first-order chi connectivity index (χ1) is 17.0. The van der Waals surface area contributed by atoms with Crippen molar-refractivity contribution in [3.8, 4) is 16.9 Å². The Morgan fingerprint density at radius 3 is 1.92 bits per heavy atom. The third-order valence-corrected chi connectivity index (χ3v) is 5.67. The lowest BCUT2D eigenvalue weighted by molar-refractivity contribution is -0.205. The van der Waals surface area contributed by atoms with Crippen molar-refractivity contribution < 1.29 is 49.3 Å². The van der Waals surface area contributed by atoms with Crippen LogP contribution in [0, 0.1) is 40.8 Å². The average Bonchev–Trinajstić information content (AvgIpc) is 2.84. The molecule has 0 bridgehead atoms. The molecule has 0 radical (unpaired) electrons. The number of rotatable bonds is 6. The Balaban J connectivity index is 1.57. The summed E-state index contributed by atoms with van der Waals surface area (Å²) in [4.78, 5) is 0. The Kier molecular flexibility index (Phi) is 7.24. The van der Waals surface area contributed by atoms with Crippen LogP contribution >= 0.6 is 0 Å². The van der Waals surface area contributed by atoms with E-state index in [1.807, 2.05) is 6.92 Å². The molecule has 0 atom stereocenters. The maximum Gasteiger partial charge on any atom is 0.427 e. The van der Waals surface area contributed by atoms with E-state index in [2.05, 4.69) is 4.74 Å². The van der Waals surface area contributed by atoms with Crippen molar-refractivity contribution in [3.05, 3.63) is 88.5 Å². The van der Waals surface area contributed by atoms with Crippen LogP contribution in [0.15, 0.2) is 42.5 Å². The quantitative estimate of drug-likeness (QED) is 0.252. The molecule has 3 aromatic carbocycles. The highest BCUT2D eigenvalue weighted by molar-refractivity contribution is 5.65. The van der Waals surface area contributed by atoms with Crippen LogP contribution in [0.1, 0.15) is 30.8 Å². The fourth-order valence-electron chi connectivity index (χ4n) is 3.61. The number of hydrogen-bond acceptors (Lipinski definition) is 3. The molecular weight excluding hydrogens is 500 g/mol. The minimum atomic E-state index is -4.41. The van der Waals surface area contributed by atoms with Gasteiger partial charge in [0.2, 0.25) is 0 Å². The summed E-state index contributed by atoms with van der Waals surface area (Å²) in [6, 6.07) is 4.08. The van der Waals surface area contributed by atoms with Crippen molar-refractivity contribution in [2.45, 2.75) is 25.7 Å². The Morgan fingerprint density at radius 2 is 1.39 bits per heavy atom. The van der Waals surface area contributed by atoms with Gasteiger partial charge in [-0.2, -0.15) is 8.78 Å². The van der Waals surface area contributed by atoms with E-state index in [1.54, 1.807) is 0 Å². The van der Waals surface area contributed by atoms with E-state index < -0.39 is 69.7 Å². The number of ether oxygens (including phenoxy) is 3. The molecule has 0 unspecified atom stereocenters. The molecule has 11 heteroatoms. The lowest BCUT2D eigenvalue weighted by Crippen LogP contribution is -2.27. The van der Waals surface area contributed by atoms with E-state index in [-0.39, 0.29) is 17.5 Å². The zero-order valence-electron chi connectivity index (χ0n) is 18.6. The second kappa shape index (κ2) is 10.1. The molecular formula is C25H18F8O3. The molecule has 3 nitrogen and oxygen atoms in total. The SMILES string of the molecule is CCC1COC(c2cc(F)c(OC(F)(F)c3ccc(-c4cc(F)c(F)c(F)c4)c(F)c3)c(F)c2)OC1. The maximum atomic E-state index is 14.7. The molecule has 1 heterocycles. The minimum absolute atomic E-state index is 0.0793. The molecule has 3 aromatic rings. The van der Waals surface area contributed by atoms with Gasteiger partial charge in [0.05, 0.1) is 18.8 Å². The molecule has 1 fully saturated rings. The predicted molar refractivity (Wildman–Crippen MR) is 111 cm³/mol. The van der Waals surface area contributed by atoms with Gasteiger partial charge in [-0.3, -0.25) is 0 Å². The van der Waals surface area contributed by atoms with Crippen molar-refractivity contribution in [3.63, 3.8) is 0 Å². The molecule has 4 rings (SSSR count). The van der Waals surface area contributed by atoms with Gasteiger partial charge < -0.3 is 14.2 Å². The van der Waals surface area contributed by atoms with Gasteiger partial charge in [-0.05, 0) is 48.4 Å². The van der Waals surface area contributed by atoms with E-state index in [4.69, 9.17) is 9.47 Å². The standard InChI is InChI=1S/C25H18F8O3/c1-2-12-10-34-24(35-11-12)14-7-20(29)23(21(30)8-14)36-25(32,33)15-3-4-16(17(26)9-15)13-5-18(27)22(31)19(28)6-13/h3-9,12,24H,2,10-11H2,1H3. The molecule has 0 N–H and O–H groups in total. The van der Waals surface area contributed by atoms with Crippen LogP contribution in [0.5, 0.6) is 5.75 Å². The molecule has 1 saturated heterocycles. The van der Waals surface area contributed by atoms with Gasteiger partial charge in [-0.25, -0.2) is 26.3 Å². The third kappa shape index (κ3) is 5.17. The summed E-state index contributed by atoms with van der Waals surface area (Å²) >= 11 is 0. The summed E-state index contributed by atoms with van der Waals surface area (Å²) in [5.74, 6) is -10.6. The molecule has 0 amide bonds. The third-order valence-electron chi connectivity index (χ3n) is 5.67. The van der Waals surface area contributed by atoms with Gasteiger partial charge in [-0.15, -0.1) is 0 Å². The highest BCUT2D eigenvalue weighted by atomic mass is 19.3. The van der Waals surface area contributed by atoms with E-state index in [1.165, 1.54) is 0 Å². The summed E-state index contributed by atoms with van der Waals surface area (Å²) in [5.41, 5.74) is -2.19. The van der Waals surface area contributed by atoms with Crippen molar-refractivity contribution in [2.24, 2.45) is 5.92 Å².